The van der Waals surface area contributed by atoms with Crippen LogP contribution in [0.2, 0.25) is 0 Å². The Hall–Kier alpha value is -2.67. The number of hydrogen-bond acceptors (Lipinski definition) is 7. The summed E-state index contributed by atoms with van der Waals surface area (Å²) in [5.41, 5.74) is -1.14. The van der Waals surface area contributed by atoms with Crippen LogP contribution in [0.15, 0.2) is 34.1 Å². The normalized spacial score (nSPS) is 13.0. The van der Waals surface area contributed by atoms with E-state index in [4.69, 9.17) is 5.21 Å². The molecule has 0 aliphatic heterocycles. The molecule has 1 heterocycles. The lowest BCUT2D eigenvalue weighted by Crippen LogP contribution is -2.24. The number of nitrogens with zero attached hydrogens (tertiary/aromatic N) is 3. The molecule has 1 aromatic heterocycles. The van der Waals surface area contributed by atoms with Crippen LogP contribution in [0, 0.1) is 0 Å². The topological polar surface area (TPSA) is 130 Å². The van der Waals surface area contributed by atoms with Crippen molar-refractivity contribution in [1.29, 1.82) is 0 Å². The third kappa shape index (κ3) is 5.15. The van der Waals surface area contributed by atoms with Gasteiger partial charge in [-0.2, -0.15) is 13.2 Å². The highest BCUT2D eigenvalue weighted by atomic mass is 32.2. The van der Waals surface area contributed by atoms with Crippen LogP contribution in [0.25, 0.3) is 0 Å². The van der Waals surface area contributed by atoms with Gasteiger partial charge in [0.2, 0.25) is 15.9 Å². The van der Waals surface area contributed by atoms with Gasteiger partial charge in [0, 0.05) is 5.69 Å². The van der Waals surface area contributed by atoms with Crippen LogP contribution in [0.4, 0.5) is 18.9 Å². The maximum Gasteiger partial charge on any atom is 0.416 e. The molecule has 2 aromatic rings. The summed E-state index contributed by atoms with van der Waals surface area (Å²) in [4.78, 5) is 0. The highest BCUT2D eigenvalue weighted by Gasteiger charge is 2.30. The molecule has 0 spiro atoms. The lowest BCUT2D eigenvalue weighted by Gasteiger charge is -2.10. The number of halogens is 3. The molecule has 0 aliphatic rings. The Balaban J connectivity index is 2.24. The molecule has 136 valence electrons. The fraction of sp³-hybridized carbons (Fsp3) is 0.250. The quantitative estimate of drug-likeness (QED) is 0.310. The number of sulfonamides is 1. The Bertz CT molecular complexity index is 879. The van der Waals surface area contributed by atoms with Gasteiger partial charge in [-0.3, -0.25) is 0 Å². The molecule has 25 heavy (non-hydrogen) atoms. The first kappa shape index (κ1) is 18.7. The predicted molar refractivity (Wildman–Crippen MR) is 79.4 cm³/mol. The molecule has 2 rings (SSSR count). The van der Waals surface area contributed by atoms with Crippen molar-refractivity contribution in [2.75, 3.05) is 11.6 Å². The molecule has 13 heteroatoms. The van der Waals surface area contributed by atoms with Gasteiger partial charge in [-0.15, -0.1) is 0 Å². The summed E-state index contributed by atoms with van der Waals surface area (Å²) >= 11 is 0. The molecule has 0 amide bonds. The third-order valence-corrected chi connectivity index (χ3v) is 3.50. The number of anilines is 1. The Morgan fingerprint density at radius 3 is 2.68 bits per heavy atom. The standard InChI is InChI=1S/C12H12F3N5O4S/c1-25(22,23)16-6-9-10(20-24-19-9)11(18-21)17-8-4-2-3-7(5-8)12(13,14)15/h2-5,16,21H,6H2,1H3,(H,17,18). The van der Waals surface area contributed by atoms with Crippen molar-refractivity contribution in [3.63, 3.8) is 0 Å². The van der Waals surface area contributed by atoms with E-state index in [9.17, 15) is 21.6 Å². The maximum atomic E-state index is 12.7. The molecule has 0 saturated carbocycles. The van der Waals surface area contributed by atoms with Gasteiger partial charge < -0.3 is 10.5 Å². The molecule has 3 N–H and O–H groups in total. The number of benzene rings is 1. The van der Waals surface area contributed by atoms with Crippen molar-refractivity contribution < 1.29 is 31.4 Å². The van der Waals surface area contributed by atoms with Crippen molar-refractivity contribution in [3.8, 4) is 0 Å². The van der Waals surface area contributed by atoms with Gasteiger partial charge in [-0.25, -0.2) is 17.8 Å². The molecule has 9 nitrogen and oxygen atoms in total. The van der Waals surface area contributed by atoms with Gasteiger partial charge in [-0.1, -0.05) is 16.4 Å². The molecule has 1 aromatic carbocycles. The molecule has 0 atom stereocenters. The zero-order valence-electron chi connectivity index (χ0n) is 12.6. The zero-order chi connectivity index (χ0) is 18.7. The van der Waals surface area contributed by atoms with Crippen LogP contribution in [0.3, 0.4) is 0 Å². The molecule has 0 bridgehead atoms. The van der Waals surface area contributed by atoms with E-state index < -0.39 is 21.8 Å². The second-order valence-corrected chi connectivity index (χ2v) is 6.64. The minimum Gasteiger partial charge on any atom is -0.409 e. The van der Waals surface area contributed by atoms with Crippen LogP contribution in [-0.4, -0.2) is 36.0 Å². The SMILES string of the molecule is CS(=O)(=O)NCc1nonc1/C(=N/O)Nc1cccc(C(F)(F)F)c1. The third-order valence-electron chi connectivity index (χ3n) is 2.84. The molecule has 0 unspecified atom stereocenters. The fourth-order valence-electron chi connectivity index (χ4n) is 1.74. The summed E-state index contributed by atoms with van der Waals surface area (Å²) in [6.45, 7) is -0.318. The number of alkyl halides is 3. The summed E-state index contributed by atoms with van der Waals surface area (Å²) in [5, 5.41) is 21.4. The van der Waals surface area contributed by atoms with E-state index in [1.54, 1.807) is 0 Å². The van der Waals surface area contributed by atoms with E-state index in [0.29, 0.717) is 0 Å². The van der Waals surface area contributed by atoms with Crippen LogP contribution >= 0.6 is 0 Å². The van der Waals surface area contributed by atoms with Gasteiger partial charge in [0.1, 0.15) is 5.69 Å². The lowest BCUT2D eigenvalue weighted by molar-refractivity contribution is -0.137. The highest BCUT2D eigenvalue weighted by molar-refractivity contribution is 7.88. The number of aromatic nitrogens is 2. The predicted octanol–water partition coefficient (Wildman–Crippen LogP) is 1.39. The van der Waals surface area contributed by atoms with E-state index in [-0.39, 0.29) is 29.5 Å². The molecular formula is C12H12F3N5O4S. The minimum absolute atomic E-state index is 0.0299. The molecular weight excluding hydrogens is 367 g/mol. The first-order chi connectivity index (χ1) is 11.6. The first-order valence-corrected chi connectivity index (χ1v) is 8.42. The van der Waals surface area contributed by atoms with Gasteiger partial charge in [-0.05, 0) is 23.4 Å². The van der Waals surface area contributed by atoms with E-state index in [1.165, 1.54) is 6.07 Å². The Labute approximate surface area is 139 Å². The van der Waals surface area contributed by atoms with Crippen LogP contribution in [-0.2, 0) is 22.7 Å². The largest absolute Gasteiger partial charge is 0.416 e. The van der Waals surface area contributed by atoms with Crippen LogP contribution in [0.5, 0.6) is 0 Å². The van der Waals surface area contributed by atoms with Crippen molar-refractivity contribution in [2.24, 2.45) is 5.16 Å². The smallest absolute Gasteiger partial charge is 0.409 e. The van der Waals surface area contributed by atoms with Gasteiger partial charge in [0.25, 0.3) is 0 Å². The summed E-state index contributed by atoms with van der Waals surface area (Å²) in [6.07, 6.45) is -3.63. The van der Waals surface area contributed by atoms with Gasteiger partial charge in [0.05, 0.1) is 18.4 Å². The minimum atomic E-state index is -4.55. The second kappa shape index (κ2) is 7.06. The zero-order valence-corrected chi connectivity index (χ0v) is 13.4. The van der Waals surface area contributed by atoms with Crippen molar-refractivity contribution >= 4 is 21.5 Å². The van der Waals surface area contributed by atoms with E-state index >= 15 is 0 Å². The Morgan fingerprint density at radius 1 is 1.36 bits per heavy atom. The van der Waals surface area contributed by atoms with Crippen molar-refractivity contribution in [1.82, 2.24) is 15.0 Å². The number of rotatable bonds is 5. The first-order valence-electron chi connectivity index (χ1n) is 6.53. The Morgan fingerprint density at radius 2 is 2.08 bits per heavy atom. The fourth-order valence-corrected chi connectivity index (χ4v) is 2.14. The molecule has 0 fully saturated rings. The van der Waals surface area contributed by atoms with Crippen LogP contribution < -0.4 is 10.0 Å². The van der Waals surface area contributed by atoms with Crippen LogP contribution in [0.1, 0.15) is 17.0 Å². The summed E-state index contributed by atoms with van der Waals surface area (Å²) in [7, 11) is -3.54. The summed E-state index contributed by atoms with van der Waals surface area (Å²) in [6, 6.07) is 4.14. The second-order valence-electron chi connectivity index (χ2n) is 4.80. The van der Waals surface area contributed by atoms with E-state index in [0.717, 1.165) is 24.5 Å². The number of amidine groups is 1. The Kier molecular flexibility index (Phi) is 5.27. The molecule has 0 saturated heterocycles. The number of oxime groups is 1. The highest BCUT2D eigenvalue weighted by Crippen LogP contribution is 2.30. The van der Waals surface area contributed by atoms with E-state index in [2.05, 4.69) is 30.1 Å². The van der Waals surface area contributed by atoms with Crippen molar-refractivity contribution in [3.05, 3.63) is 41.2 Å². The monoisotopic (exact) mass is 379 g/mol. The maximum absolute atomic E-state index is 12.7. The summed E-state index contributed by atoms with van der Waals surface area (Å²) in [5.74, 6) is -0.370. The average Bonchev–Trinajstić information content (AvgIpc) is 2.98. The summed E-state index contributed by atoms with van der Waals surface area (Å²) < 4.78 is 67.0. The number of nitrogens with one attached hydrogen (secondary N) is 2. The average molecular weight is 379 g/mol. The van der Waals surface area contributed by atoms with E-state index in [1.807, 2.05) is 0 Å². The van der Waals surface area contributed by atoms with Crippen molar-refractivity contribution in [2.45, 2.75) is 12.7 Å². The number of hydrogen-bond donors (Lipinski definition) is 3. The van der Waals surface area contributed by atoms with Gasteiger partial charge >= 0.3 is 6.18 Å². The lowest BCUT2D eigenvalue weighted by atomic mass is 10.2. The molecule has 0 radical (unpaired) electrons. The molecule has 0 aliphatic carbocycles. The van der Waals surface area contributed by atoms with Gasteiger partial charge in [0.15, 0.2) is 5.69 Å².